The van der Waals surface area contributed by atoms with Crippen molar-refractivity contribution in [3.63, 3.8) is 0 Å². The highest BCUT2D eigenvalue weighted by Crippen LogP contribution is 2.25. The first-order valence-electron chi connectivity index (χ1n) is 8.31. The summed E-state index contributed by atoms with van der Waals surface area (Å²) in [5.41, 5.74) is 6.62. The Morgan fingerprint density at radius 2 is 2.17 bits per heavy atom. The number of hydrogen-bond acceptors (Lipinski definition) is 4. The highest BCUT2D eigenvalue weighted by Gasteiger charge is 2.29. The lowest BCUT2D eigenvalue weighted by molar-refractivity contribution is -0.898. The van der Waals surface area contributed by atoms with Gasteiger partial charge < -0.3 is 15.2 Å². The molecule has 1 amide bonds. The van der Waals surface area contributed by atoms with Crippen molar-refractivity contribution >= 4 is 17.7 Å². The van der Waals surface area contributed by atoms with Gasteiger partial charge in [0.25, 0.3) is 5.91 Å². The average molecular weight is 346 g/mol. The fraction of sp³-hybridized carbons (Fsp3) is 0.471. The number of carbonyl (C=O) groups is 1. The van der Waals surface area contributed by atoms with Crippen molar-refractivity contribution < 1.29 is 9.69 Å². The lowest BCUT2D eigenvalue weighted by Crippen LogP contribution is -3.14. The fourth-order valence-electron chi connectivity index (χ4n) is 3.31. The quantitative estimate of drug-likeness (QED) is 0.740. The molecule has 0 aliphatic carbocycles. The largest absolute Gasteiger partial charge is 0.365 e. The summed E-state index contributed by atoms with van der Waals surface area (Å²) in [6, 6.07) is 10.4. The molecule has 0 radical (unpaired) electrons. The average Bonchev–Trinajstić information content (AvgIpc) is 2.94. The number of primary amides is 1. The van der Waals surface area contributed by atoms with E-state index in [1.54, 1.807) is 11.8 Å². The van der Waals surface area contributed by atoms with Crippen molar-refractivity contribution in [2.24, 2.45) is 12.8 Å². The van der Waals surface area contributed by atoms with Crippen LogP contribution >= 0.6 is 11.8 Å². The Morgan fingerprint density at radius 1 is 1.38 bits per heavy atom. The van der Waals surface area contributed by atoms with Gasteiger partial charge in [-0.3, -0.25) is 4.79 Å². The van der Waals surface area contributed by atoms with E-state index in [4.69, 9.17) is 5.73 Å². The minimum absolute atomic E-state index is 0.234. The zero-order valence-electron chi connectivity index (χ0n) is 13.9. The molecule has 2 aromatic rings. The minimum atomic E-state index is -0.234. The maximum Gasteiger partial charge on any atom is 0.272 e. The number of thioether (sulfide) groups is 1. The second kappa shape index (κ2) is 7.81. The van der Waals surface area contributed by atoms with Gasteiger partial charge in [0, 0.05) is 12.8 Å². The molecule has 2 heterocycles. The van der Waals surface area contributed by atoms with E-state index in [0.29, 0.717) is 12.5 Å². The number of nitrogens with zero attached hydrogens (tertiary/aromatic N) is 3. The molecular weight excluding hydrogens is 322 g/mol. The van der Waals surface area contributed by atoms with Crippen LogP contribution in [0.5, 0.6) is 0 Å². The predicted molar refractivity (Wildman–Crippen MR) is 93.7 cm³/mol. The second-order valence-corrected chi connectivity index (χ2v) is 7.30. The van der Waals surface area contributed by atoms with Crippen LogP contribution < -0.4 is 10.6 Å². The van der Waals surface area contributed by atoms with Gasteiger partial charge in [-0.2, -0.15) is 0 Å². The molecule has 0 saturated carbocycles. The molecule has 6 nitrogen and oxygen atoms in total. The van der Waals surface area contributed by atoms with Gasteiger partial charge in [0.1, 0.15) is 5.82 Å². The van der Waals surface area contributed by atoms with Crippen LogP contribution in [0.4, 0.5) is 0 Å². The number of quaternary nitrogens is 1. The van der Waals surface area contributed by atoms with Gasteiger partial charge in [0.2, 0.25) is 0 Å². The molecule has 7 heteroatoms. The van der Waals surface area contributed by atoms with Crippen LogP contribution in [0.25, 0.3) is 0 Å². The third kappa shape index (κ3) is 4.15. The van der Waals surface area contributed by atoms with Crippen molar-refractivity contribution in [2.45, 2.75) is 29.7 Å². The monoisotopic (exact) mass is 346 g/mol. The SMILES string of the molecule is Cn1c(SCc2ccccc2)nnc1[C@@H]1CCC[NH+](CC(N)=O)C1. The van der Waals surface area contributed by atoms with Gasteiger partial charge in [-0.1, -0.05) is 42.1 Å². The smallest absolute Gasteiger partial charge is 0.272 e. The van der Waals surface area contributed by atoms with E-state index < -0.39 is 0 Å². The molecule has 0 bridgehead atoms. The van der Waals surface area contributed by atoms with Gasteiger partial charge in [0.15, 0.2) is 11.7 Å². The van der Waals surface area contributed by atoms with Crippen LogP contribution in [0.2, 0.25) is 0 Å². The number of nitrogens with two attached hydrogens (primary N) is 1. The van der Waals surface area contributed by atoms with Crippen molar-refractivity contribution in [1.82, 2.24) is 14.8 Å². The molecule has 1 aliphatic heterocycles. The zero-order valence-corrected chi connectivity index (χ0v) is 14.8. The van der Waals surface area contributed by atoms with Gasteiger partial charge in [-0.15, -0.1) is 10.2 Å². The second-order valence-electron chi connectivity index (χ2n) is 6.36. The Kier molecular flexibility index (Phi) is 5.52. The molecule has 1 aromatic carbocycles. The van der Waals surface area contributed by atoms with Crippen molar-refractivity contribution in [2.75, 3.05) is 19.6 Å². The maximum absolute atomic E-state index is 11.2. The van der Waals surface area contributed by atoms with E-state index in [1.807, 2.05) is 13.1 Å². The van der Waals surface area contributed by atoms with Gasteiger partial charge in [-0.25, -0.2) is 0 Å². The fourth-order valence-corrected chi connectivity index (χ4v) is 4.18. The summed E-state index contributed by atoms with van der Waals surface area (Å²) in [5, 5.41) is 9.74. The third-order valence-corrected chi connectivity index (χ3v) is 5.58. The van der Waals surface area contributed by atoms with E-state index >= 15 is 0 Å². The molecular formula is C17H24N5OS+. The number of piperidine rings is 1. The highest BCUT2D eigenvalue weighted by atomic mass is 32.2. The van der Waals surface area contributed by atoms with Gasteiger partial charge >= 0.3 is 0 Å². The first kappa shape index (κ1) is 17.0. The minimum Gasteiger partial charge on any atom is -0.365 e. The lowest BCUT2D eigenvalue weighted by atomic mass is 9.97. The van der Waals surface area contributed by atoms with Crippen LogP contribution in [-0.2, 0) is 17.6 Å². The summed E-state index contributed by atoms with van der Waals surface area (Å²) in [6.07, 6.45) is 2.18. The summed E-state index contributed by atoms with van der Waals surface area (Å²) < 4.78 is 2.10. The summed E-state index contributed by atoms with van der Waals surface area (Å²) in [7, 11) is 2.03. The Hall–Kier alpha value is -1.86. The van der Waals surface area contributed by atoms with Crippen LogP contribution in [0.1, 0.15) is 30.1 Å². The number of likely N-dealkylation sites (tertiary alicyclic amines) is 1. The highest BCUT2D eigenvalue weighted by molar-refractivity contribution is 7.98. The Labute approximate surface area is 146 Å². The molecule has 2 atom stereocenters. The molecule has 1 fully saturated rings. The number of carbonyl (C=O) groups excluding carboxylic acids is 1. The van der Waals surface area contributed by atoms with E-state index in [-0.39, 0.29) is 5.91 Å². The number of amides is 1. The summed E-state index contributed by atoms with van der Waals surface area (Å²) in [6.45, 7) is 2.31. The lowest BCUT2D eigenvalue weighted by Gasteiger charge is -2.28. The number of hydrogen-bond donors (Lipinski definition) is 2. The van der Waals surface area contributed by atoms with E-state index in [1.165, 1.54) is 10.5 Å². The summed E-state index contributed by atoms with van der Waals surface area (Å²) in [5.74, 6) is 2.02. The standard InChI is InChI=1S/C17H23N5OS/c1-21-16(14-8-5-9-22(10-14)11-15(18)23)19-20-17(21)24-12-13-6-3-2-4-7-13/h2-4,6-7,14H,5,8-12H2,1H3,(H2,18,23)/p+1/t14-/m1/s1. The maximum atomic E-state index is 11.2. The zero-order chi connectivity index (χ0) is 16.9. The van der Waals surface area contributed by atoms with Crippen LogP contribution in [-0.4, -0.2) is 40.3 Å². The molecule has 1 aliphatic rings. The molecule has 0 spiro atoms. The van der Waals surface area contributed by atoms with Crippen molar-refractivity contribution in [3.8, 4) is 0 Å². The predicted octanol–water partition coefficient (Wildman–Crippen LogP) is 0.355. The normalized spacial score (nSPS) is 20.9. The van der Waals surface area contributed by atoms with E-state index in [0.717, 1.165) is 42.7 Å². The number of benzene rings is 1. The van der Waals surface area contributed by atoms with Crippen LogP contribution in [0.3, 0.4) is 0 Å². The van der Waals surface area contributed by atoms with Gasteiger partial charge in [0.05, 0.1) is 19.0 Å². The van der Waals surface area contributed by atoms with Crippen LogP contribution in [0.15, 0.2) is 35.5 Å². The molecule has 1 aromatic heterocycles. The number of rotatable bonds is 6. The molecule has 128 valence electrons. The molecule has 3 rings (SSSR count). The molecule has 24 heavy (non-hydrogen) atoms. The topological polar surface area (TPSA) is 78.2 Å². The number of nitrogens with one attached hydrogen (secondary N) is 1. The first-order chi connectivity index (χ1) is 11.6. The summed E-state index contributed by atoms with van der Waals surface area (Å²) in [4.78, 5) is 12.4. The molecule has 1 unspecified atom stereocenters. The summed E-state index contributed by atoms with van der Waals surface area (Å²) >= 11 is 1.70. The Bertz CT molecular complexity index is 688. The first-order valence-corrected chi connectivity index (χ1v) is 9.30. The van der Waals surface area contributed by atoms with E-state index in [9.17, 15) is 4.79 Å². The Morgan fingerprint density at radius 3 is 2.92 bits per heavy atom. The molecule has 1 saturated heterocycles. The molecule has 3 N–H and O–H groups in total. The van der Waals surface area contributed by atoms with Crippen molar-refractivity contribution in [1.29, 1.82) is 0 Å². The van der Waals surface area contributed by atoms with Gasteiger partial charge in [-0.05, 0) is 18.4 Å². The van der Waals surface area contributed by atoms with Crippen LogP contribution in [0, 0.1) is 0 Å². The van der Waals surface area contributed by atoms with Crippen molar-refractivity contribution in [3.05, 3.63) is 41.7 Å². The third-order valence-electron chi connectivity index (χ3n) is 4.49. The Balaban J connectivity index is 1.64. The van der Waals surface area contributed by atoms with E-state index in [2.05, 4.69) is 39.0 Å². The number of aromatic nitrogens is 3.